The number of hydroxylamine groups is 1. The number of hydrogen-bond donors (Lipinski definition) is 2. The third kappa shape index (κ3) is 5.31. The highest BCUT2D eigenvalue weighted by Gasteiger charge is 2.27. The van der Waals surface area contributed by atoms with E-state index in [1.54, 1.807) is 48.8 Å². The van der Waals surface area contributed by atoms with Crippen LogP contribution < -0.4 is 10.2 Å². The van der Waals surface area contributed by atoms with Gasteiger partial charge in [-0.05, 0) is 60.7 Å². The SMILES string of the molecule is O=C(CN(Cc1ccc(-n2nccn2)cc1)S(=O)(=O)c1ccc(OCC2CC2)cc1)NO. The van der Waals surface area contributed by atoms with Crippen LogP contribution in [0.3, 0.4) is 0 Å². The van der Waals surface area contributed by atoms with Gasteiger partial charge < -0.3 is 4.74 Å². The maximum absolute atomic E-state index is 13.2. The number of rotatable bonds is 10. The number of amides is 1. The molecule has 2 aromatic carbocycles. The number of sulfonamides is 1. The van der Waals surface area contributed by atoms with Gasteiger partial charge >= 0.3 is 0 Å². The molecule has 10 nitrogen and oxygen atoms in total. The molecule has 4 rings (SSSR count). The maximum Gasteiger partial charge on any atom is 0.258 e. The van der Waals surface area contributed by atoms with Gasteiger partial charge in [0.15, 0.2) is 0 Å². The lowest BCUT2D eigenvalue weighted by Crippen LogP contribution is -2.39. The molecule has 1 heterocycles. The molecule has 1 aliphatic carbocycles. The number of hydrogen-bond acceptors (Lipinski definition) is 7. The number of nitrogens with zero attached hydrogens (tertiary/aromatic N) is 4. The number of aromatic nitrogens is 3. The van der Waals surface area contributed by atoms with Crippen LogP contribution in [0.4, 0.5) is 0 Å². The maximum atomic E-state index is 13.2. The zero-order valence-corrected chi connectivity index (χ0v) is 18.0. The minimum atomic E-state index is -4.02. The van der Waals surface area contributed by atoms with E-state index in [0.717, 1.165) is 17.1 Å². The Morgan fingerprint density at radius 1 is 1.09 bits per heavy atom. The summed E-state index contributed by atoms with van der Waals surface area (Å²) in [6.45, 7) is 0.0165. The number of benzene rings is 2. The van der Waals surface area contributed by atoms with Gasteiger partial charge in [0.05, 0.1) is 36.1 Å². The van der Waals surface area contributed by atoms with E-state index in [-0.39, 0.29) is 11.4 Å². The molecule has 0 atom stereocenters. The van der Waals surface area contributed by atoms with Gasteiger partial charge in [-0.3, -0.25) is 10.0 Å². The average Bonchev–Trinajstić information content (AvgIpc) is 3.48. The van der Waals surface area contributed by atoms with Crippen molar-refractivity contribution in [1.29, 1.82) is 0 Å². The lowest BCUT2D eigenvalue weighted by molar-refractivity contribution is -0.129. The van der Waals surface area contributed by atoms with Crippen LogP contribution in [0.15, 0.2) is 65.8 Å². The monoisotopic (exact) mass is 457 g/mol. The van der Waals surface area contributed by atoms with Crippen molar-refractivity contribution in [2.75, 3.05) is 13.2 Å². The van der Waals surface area contributed by atoms with Crippen molar-refractivity contribution >= 4 is 15.9 Å². The number of nitrogens with one attached hydrogen (secondary N) is 1. The fraction of sp³-hybridized carbons (Fsp3) is 0.286. The largest absolute Gasteiger partial charge is 0.493 e. The summed E-state index contributed by atoms with van der Waals surface area (Å²) in [4.78, 5) is 13.3. The Hall–Kier alpha value is -3.28. The minimum absolute atomic E-state index is 0.0272. The number of carbonyl (C=O) groups is 1. The zero-order chi connectivity index (χ0) is 22.6. The van der Waals surface area contributed by atoms with Gasteiger partial charge in [0.2, 0.25) is 10.0 Å². The van der Waals surface area contributed by atoms with E-state index in [0.29, 0.717) is 29.5 Å². The van der Waals surface area contributed by atoms with Gasteiger partial charge in [-0.2, -0.15) is 19.3 Å². The Bertz CT molecular complexity index is 1140. The Balaban J connectivity index is 1.52. The second-order valence-corrected chi connectivity index (χ2v) is 9.46. The van der Waals surface area contributed by atoms with Crippen molar-refractivity contribution in [3.05, 3.63) is 66.5 Å². The van der Waals surface area contributed by atoms with Crippen molar-refractivity contribution in [2.24, 2.45) is 5.92 Å². The summed E-state index contributed by atoms with van der Waals surface area (Å²) >= 11 is 0. The highest BCUT2D eigenvalue weighted by molar-refractivity contribution is 7.89. The Labute approximate surface area is 185 Å². The van der Waals surface area contributed by atoms with E-state index in [9.17, 15) is 13.2 Å². The summed E-state index contributed by atoms with van der Waals surface area (Å²) < 4.78 is 33.1. The summed E-state index contributed by atoms with van der Waals surface area (Å²) in [6, 6.07) is 13.1. The summed E-state index contributed by atoms with van der Waals surface area (Å²) in [5, 5.41) is 17.0. The van der Waals surface area contributed by atoms with E-state index in [1.165, 1.54) is 22.4 Å². The van der Waals surface area contributed by atoms with Gasteiger partial charge in [0.1, 0.15) is 5.75 Å². The average molecular weight is 458 g/mol. The highest BCUT2D eigenvalue weighted by Crippen LogP contribution is 2.30. The van der Waals surface area contributed by atoms with Gasteiger partial charge in [-0.15, -0.1) is 0 Å². The van der Waals surface area contributed by atoms with E-state index < -0.39 is 22.5 Å². The van der Waals surface area contributed by atoms with Gasteiger partial charge in [0.25, 0.3) is 5.91 Å². The predicted molar refractivity (Wildman–Crippen MR) is 114 cm³/mol. The molecular formula is C21H23N5O5S. The van der Waals surface area contributed by atoms with Crippen molar-refractivity contribution in [3.8, 4) is 11.4 Å². The molecule has 3 aromatic rings. The zero-order valence-electron chi connectivity index (χ0n) is 17.2. The first-order valence-corrected chi connectivity index (χ1v) is 11.5. The van der Waals surface area contributed by atoms with Crippen molar-refractivity contribution in [3.63, 3.8) is 0 Å². The molecule has 0 saturated heterocycles. The molecule has 0 aliphatic heterocycles. The summed E-state index contributed by atoms with van der Waals surface area (Å²) in [7, 11) is -4.02. The lowest BCUT2D eigenvalue weighted by Gasteiger charge is -2.21. The van der Waals surface area contributed by atoms with E-state index in [1.807, 2.05) is 0 Å². The Morgan fingerprint density at radius 3 is 2.34 bits per heavy atom. The highest BCUT2D eigenvalue weighted by atomic mass is 32.2. The quantitative estimate of drug-likeness (QED) is 0.351. The standard InChI is InChI=1S/C21H23N5O5S/c27-21(24-28)14-25(13-16-3-5-18(6-4-16)26-22-11-12-23-26)32(29,30)20-9-7-19(8-10-20)31-15-17-1-2-17/h3-12,17,28H,1-2,13-15H2,(H,24,27). The van der Waals surface area contributed by atoms with Crippen LogP contribution >= 0.6 is 0 Å². The molecule has 0 spiro atoms. The van der Waals surface area contributed by atoms with Crippen LogP contribution in [0.2, 0.25) is 0 Å². The molecule has 0 radical (unpaired) electrons. The Kier molecular flexibility index (Phi) is 6.49. The van der Waals surface area contributed by atoms with Crippen LogP contribution in [0.1, 0.15) is 18.4 Å². The van der Waals surface area contributed by atoms with Crippen molar-refractivity contribution in [2.45, 2.75) is 24.3 Å². The molecule has 0 bridgehead atoms. The molecule has 1 aromatic heterocycles. The number of carbonyl (C=O) groups excluding carboxylic acids is 1. The molecule has 32 heavy (non-hydrogen) atoms. The van der Waals surface area contributed by atoms with Gasteiger partial charge in [0, 0.05) is 6.54 Å². The van der Waals surface area contributed by atoms with E-state index in [4.69, 9.17) is 9.94 Å². The van der Waals surface area contributed by atoms with E-state index >= 15 is 0 Å². The first kappa shape index (κ1) is 21.9. The van der Waals surface area contributed by atoms with Crippen LogP contribution in [-0.2, 0) is 21.4 Å². The van der Waals surface area contributed by atoms with Gasteiger partial charge in [-0.1, -0.05) is 12.1 Å². The molecular weight excluding hydrogens is 434 g/mol. The van der Waals surface area contributed by atoms with Crippen LogP contribution in [0, 0.1) is 5.92 Å². The molecule has 2 N–H and O–H groups in total. The van der Waals surface area contributed by atoms with Crippen LogP contribution in [-0.4, -0.2) is 52.0 Å². The third-order valence-corrected chi connectivity index (χ3v) is 6.84. The van der Waals surface area contributed by atoms with Crippen molar-refractivity contribution < 1.29 is 23.2 Å². The molecule has 168 valence electrons. The lowest BCUT2D eigenvalue weighted by atomic mass is 10.2. The van der Waals surface area contributed by atoms with Crippen LogP contribution in [0.25, 0.3) is 5.69 Å². The molecule has 1 aliphatic rings. The minimum Gasteiger partial charge on any atom is -0.493 e. The summed E-state index contributed by atoms with van der Waals surface area (Å²) in [5.74, 6) is 0.343. The number of ether oxygens (including phenoxy) is 1. The van der Waals surface area contributed by atoms with Crippen LogP contribution in [0.5, 0.6) is 5.75 Å². The molecule has 11 heteroatoms. The molecule has 1 fully saturated rings. The molecule has 1 saturated carbocycles. The first-order valence-electron chi connectivity index (χ1n) is 10.1. The summed E-state index contributed by atoms with van der Waals surface area (Å²) in [5.41, 5.74) is 2.85. The predicted octanol–water partition coefficient (Wildman–Crippen LogP) is 1.75. The fourth-order valence-corrected chi connectivity index (χ4v) is 4.45. The topological polar surface area (TPSA) is 127 Å². The smallest absolute Gasteiger partial charge is 0.258 e. The van der Waals surface area contributed by atoms with E-state index in [2.05, 4.69) is 10.2 Å². The normalized spacial score (nSPS) is 13.8. The summed E-state index contributed by atoms with van der Waals surface area (Å²) in [6.07, 6.45) is 5.43. The second-order valence-electron chi connectivity index (χ2n) is 7.52. The fourth-order valence-electron chi connectivity index (χ4n) is 3.06. The first-order chi connectivity index (χ1) is 15.5. The molecule has 0 unspecified atom stereocenters. The molecule has 1 amide bonds. The third-order valence-electron chi connectivity index (χ3n) is 5.03. The van der Waals surface area contributed by atoms with Crippen molar-refractivity contribution in [1.82, 2.24) is 24.8 Å². The van der Waals surface area contributed by atoms with Gasteiger partial charge in [-0.25, -0.2) is 13.9 Å². The second kappa shape index (κ2) is 9.47. The Morgan fingerprint density at radius 2 is 1.75 bits per heavy atom.